The molecule has 0 aliphatic heterocycles. The molecule has 0 spiro atoms. The highest BCUT2D eigenvalue weighted by molar-refractivity contribution is 6.01. The summed E-state index contributed by atoms with van der Waals surface area (Å²) in [4.78, 5) is 33.5. The van der Waals surface area contributed by atoms with E-state index >= 15 is 0 Å². The Morgan fingerprint density at radius 1 is 1.41 bits per heavy atom. The van der Waals surface area contributed by atoms with Crippen molar-refractivity contribution in [1.29, 1.82) is 0 Å². The average molecular weight is 304 g/mol. The van der Waals surface area contributed by atoms with Crippen LogP contribution in [-0.4, -0.2) is 33.7 Å². The van der Waals surface area contributed by atoms with Crippen LogP contribution in [0.1, 0.15) is 10.4 Å². The molecule has 1 amide bonds. The Labute approximate surface area is 124 Å². The summed E-state index contributed by atoms with van der Waals surface area (Å²) in [6, 6.07) is 6.36. The molecular weight excluding hydrogens is 292 g/mol. The zero-order chi connectivity index (χ0) is 16.1. The normalized spacial score (nSPS) is 10.0. The molecule has 1 heterocycles. The lowest BCUT2D eigenvalue weighted by Crippen LogP contribution is -2.20. The van der Waals surface area contributed by atoms with E-state index in [1.807, 2.05) is 0 Å². The van der Waals surface area contributed by atoms with Crippen molar-refractivity contribution in [3.63, 3.8) is 0 Å². The summed E-state index contributed by atoms with van der Waals surface area (Å²) >= 11 is 0. The SMILES string of the molecule is COC(=O)c1ccccc1NC(=O)Cn1cc([N+](=O)[O-])cn1. The van der Waals surface area contributed by atoms with Crippen molar-refractivity contribution in [3.05, 3.63) is 52.3 Å². The number of hydrogen-bond acceptors (Lipinski definition) is 6. The number of carbonyl (C=O) groups excluding carboxylic acids is 2. The zero-order valence-corrected chi connectivity index (χ0v) is 11.6. The molecule has 0 aliphatic rings. The number of nitrogens with zero attached hydrogens (tertiary/aromatic N) is 3. The highest BCUT2D eigenvalue weighted by Gasteiger charge is 2.15. The van der Waals surface area contributed by atoms with Gasteiger partial charge in [0.05, 0.1) is 23.3 Å². The molecule has 1 aromatic heterocycles. The Bertz CT molecular complexity index is 725. The first-order chi connectivity index (χ1) is 10.5. The molecule has 2 rings (SSSR count). The first-order valence-electron chi connectivity index (χ1n) is 6.15. The lowest BCUT2D eigenvalue weighted by molar-refractivity contribution is -0.385. The van der Waals surface area contributed by atoms with Crippen molar-refractivity contribution < 1.29 is 19.2 Å². The fourth-order valence-electron chi connectivity index (χ4n) is 1.75. The maximum Gasteiger partial charge on any atom is 0.339 e. The van der Waals surface area contributed by atoms with Crippen LogP contribution >= 0.6 is 0 Å². The summed E-state index contributed by atoms with van der Waals surface area (Å²) in [5.41, 5.74) is 0.300. The molecule has 0 fully saturated rings. The number of nitro groups is 1. The van der Waals surface area contributed by atoms with Gasteiger partial charge in [0, 0.05) is 0 Å². The first kappa shape index (κ1) is 15.2. The highest BCUT2D eigenvalue weighted by Crippen LogP contribution is 2.16. The Balaban J connectivity index is 2.09. The molecule has 114 valence electrons. The quantitative estimate of drug-likeness (QED) is 0.504. The number of amides is 1. The Morgan fingerprint density at radius 2 is 2.14 bits per heavy atom. The first-order valence-corrected chi connectivity index (χ1v) is 6.15. The van der Waals surface area contributed by atoms with Gasteiger partial charge in [0.25, 0.3) is 0 Å². The summed E-state index contributed by atoms with van der Waals surface area (Å²) in [6.07, 6.45) is 2.20. The average Bonchev–Trinajstić information content (AvgIpc) is 2.95. The van der Waals surface area contributed by atoms with Crippen molar-refractivity contribution in [2.45, 2.75) is 6.54 Å². The number of hydrogen-bond donors (Lipinski definition) is 1. The van der Waals surface area contributed by atoms with E-state index in [1.54, 1.807) is 18.2 Å². The molecule has 0 saturated heterocycles. The number of anilines is 1. The van der Waals surface area contributed by atoms with E-state index in [9.17, 15) is 19.7 Å². The molecule has 1 N–H and O–H groups in total. The highest BCUT2D eigenvalue weighted by atomic mass is 16.6. The van der Waals surface area contributed by atoms with E-state index in [1.165, 1.54) is 13.2 Å². The van der Waals surface area contributed by atoms with Crippen LogP contribution in [0, 0.1) is 10.1 Å². The molecule has 0 atom stereocenters. The molecule has 0 aliphatic carbocycles. The molecule has 0 bridgehead atoms. The number of nitrogens with one attached hydrogen (secondary N) is 1. The summed E-state index contributed by atoms with van der Waals surface area (Å²) in [7, 11) is 1.24. The second kappa shape index (κ2) is 6.48. The molecule has 0 unspecified atom stereocenters. The maximum atomic E-state index is 11.9. The number of ether oxygens (including phenoxy) is 1. The number of carbonyl (C=O) groups is 2. The predicted molar refractivity (Wildman–Crippen MR) is 75.3 cm³/mol. The van der Waals surface area contributed by atoms with Gasteiger partial charge in [-0.3, -0.25) is 19.6 Å². The van der Waals surface area contributed by atoms with Crippen LogP contribution < -0.4 is 5.32 Å². The van der Waals surface area contributed by atoms with Gasteiger partial charge in [-0.1, -0.05) is 12.1 Å². The minimum absolute atomic E-state index is 0.206. The van der Waals surface area contributed by atoms with Gasteiger partial charge in [0.1, 0.15) is 18.9 Å². The smallest absolute Gasteiger partial charge is 0.339 e. The third kappa shape index (κ3) is 3.45. The lowest BCUT2D eigenvalue weighted by atomic mass is 10.2. The maximum absolute atomic E-state index is 11.9. The van der Waals surface area contributed by atoms with Gasteiger partial charge in [-0.25, -0.2) is 4.79 Å². The number of methoxy groups -OCH3 is 1. The second-order valence-electron chi connectivity index (χ2n) is 4.24. The van der Waals surface area contributed by atoms with Gasteiger partial charge in [-0.05, 0) is 12.1 Å². The molecule has 22 heavy (non-hydrogen) atoms. The van der Waals surface area contributed by atoms with E-state index in [4.69, 9.17) is 0 Å². The standard InChI is InChI=1S/C13H12N4O5/c1-22-13(19)10-4-2-3-5-11(10)15-12(18)8-16-7-9(6-14-16)17(20)21/h2-7H,8H2,1H3,(H,15,18). The molecule has 0 saturated carbocycles. The number of para-hydroxylation sites is 1. The molecule has 0 radical (unpaired) electrons. The fraction of sp³-hybridized carbons (Fsp3) is 0.154. The third-order valence-electron chi connectivity index (χ3n) is 2.74. The van der Waals surface area contributed by atoms with E-state index in [-0.39, 0.29) is 17.8 Å². The van der Waals surface area contributed by atoms with E-state index in [0.29, 0.717) is 5.69 Å². The van der Waals surface area contributed by atoms with Crippen LogP contribution in [0.5, 0.6) is 0 Å². The molecular formula is C13H12N4O5. The zero-order valence-electron chi connectivity index (χ0n) is 11.6. The second-order valence-corrected chi connectivity index (χ2v) is 4.24. The van der Waals surface area contributed by atoms with Crippen molar-refractivity contribution in [3.8, 4) is 0 Å². The van der Waals surface area contributed by atoms with Crippen LogP contribution in [0.25, 0.3) is 0 Å². The Hall–Kier alpha value is -3.23. The predicted octanol–water partition coefficient (Wildman–Crippen LogP) is 1.22. The van der Waals surface area contributed by atoms with E-state index in [2.05, 4.69) is 15.2 Å². The van der Waals surface area contributed by atoms with Crippen molar-refractivity contribution in [2.75, 3.05) is 12.4 Å². The number of esters is 1. The number of aromatic nitrogens is 2. The Morgan fingerprint density at radius 3 is 2.77 bits per heavy atom. The van der Waals surface area contributed by atoms with Gasteiger partial charge >= 0.3 is 11.7 Å². The topological polar surface area (TPSA) is 116 Å². The molecule has 9 heteroatoms. The summed E-state index contributed by atoms with van der Waals surface area (Å²) in [5.74, 6) is -1.06. The summed E-state index contributed by atoms with van der Waals surface area (Å²) in [5, 5.41) is 16.8. The van der Waals surface area contributed by atoms with Gasteiger partial charge in [-0.2, -0.15) is 5.10 Å². The van der Waals surface area contributed by atoms with Gasteiger partial charge in [0.2, 0.25) is 5.91 Å². The third-order valence-corrected chi connectivity index (χ3v) is 2.74. The minimum atomic E-state index is -0.603. The fourth-order valence-corrected chi connectivity index (χ4v) is 1.75. The Kier molecular flexibility index (Phi) is 4.47. The van der Waals surface area contributed by atoms with Crippen LogP contribution in [0.2, 0.25) is 0 Å². The van der Waals surface area contributed by atoms with Crippen molar-refractivity contribution in [2.24, 2.45) is 0 Å². The van der Waals surface area contributed by atoms with Gasteiger partial charge < -0.3 is 10.1 Å². The van der Waals surface area contributed by atoms with Gasteiger partial charge in [-0.15, -0.1) is 0 Å². The van der Waals surface area contributed by atoms with Crippen LogP contribution in [-0.2, 0) is 16.1 Å². The van der Waals surface area contributed by atoms with Crippen LogP contribution in [0.4, 0.5) is 11.4 Å². The van der Waals surface area contributed by atoms with Crippen molar-refractivity contribution in [1.82, 2.24) is 9.78 Å². The molecule has 2 aromatic rings. The van der Waals surface area contributed by atoms with Crippen molar-refractivity contribution >= 4 is 23.3 Å². The minimum Gasteiger partial charge on any atom is -0.465 e. The van der Waals surface area contributed by atoms with E-state index < -0.39 is 16.8 Å². The van der Waals surface area contributed by atoms with Crippen LogP contribution in [0.3, 0.4) is 0 Å². The lowest BCUT2D eigenvalue weighted by Gasteiger charge is -2.09. The monoisotopic (exact) mass is 304 g/mol. The molecule has 1 aromatic carbocycles. The number of benzene rings is 1. The molecule has 9 nitrogen and oxygen atoms in total. The summed E-state index contributed by atoms with van der Waals surface area (Å²) < 4.78 is 5.76. The van der Waals surface area contributed by atoms with E-state index in [0.717, 1.165) is 17.1 Å². The van der Waals surface area contributed by atoms with Gasteiger partial charge in [0.15, 0.2) is 0 Å². The number of rotatable bonds is 5. The summed E-state index contributed by atoms with van der Waals surface area (Å²) in [6.45, 7) is -0.219. The largest absolute Gasteiger partial charge is 0.465 e. The van der Waals surface area contributed by atoms with Crippen LogP contribution in [0.15, 0.2) is 36.7 Å².